The minimum Gasteiger partial charge on any atom is -0.266 e. The van der Waals surface area contributed by atoms with Gasteiger partial charge in [0.2, 0.25) is 4.96 Å². The lowest BCUT2D eigenvalue weighted by molar-refractivity contribution is 0.625. The van der Waals surface area contributed by atoms with Crippen LogP contribution in [0.4, 0.5) is 4.39 Å². The molecule has 4 rings (SSSR count). The SMILES string of the molecule is Cc1ccccc1-c1nc2s/c(=C\c3c(F)cccc3Cl)c(=O)n2n1. The third-order valence-corrected chi connectivity index (χ3v) is 5.13. The number of hydrogen-bond donors (Lipinski definition) is 0. The topological polar surface area (TPSA) is 47.3 Å². The largest absolute Gasteiger partial charge is 0.291 e. The van der Waals surface area contributed by atoms with E-state index in [9.17, 15) is 9.18 Å². The second kappa shape index (κ2) is 6.06. The zero-order chi connectivity index (χ0) is 17.6. The van der Waals surface area contributed by atoms with Gasteiger partial charge < -0.3 is 0 Å². The molecule has 0 unspecified atom stereocenters. The average Bonchev–Trinajstić information content (AvgIpc) is 3.11. The number of thiazole rings is 1. The molecule has 2 aromatic carbocycles. The number of aromatic nitrogens is 3. The number of fused-ring (bicyclic) bond motifs is 1. The Balaban J connectivity index is 1.88. The maximum absolute atomic E-state index is 13.9. The Kier molecular flexibility index (Phi) is 3.86. The highest BCUT2D eigenvalue weighted by Crippen LogP contribution is 2.21. The summed E-state index contributed by atoms with van der Waals surface area (Å²) in [5.74, 6) is 0.0171. The third kappa shape index (κ3) is 2.73. The Hall–Kier alpha value is -2.57. The van der Waals surface area contributed by atoms with E-state index in [0.29, 0.717) is 15.3 Å². The molecule has 25 heavy (non-hydrogen) atoms. The summed E-state index contributed by atoms with van der Waals surface area (Å²) < 4.78 is 15.5. The van der Waals surface area contributed by atoms with E-state index in [2.05, 4.69) is 10.1 Å². The lowest BCUT2D eigenvalue weighted by Gasteiger charge is -1.99. The molecule has 0 bridgehead atoms. The molecule has 7 heteroatoms. The van der Waals surface area contributed by atoms with Gasteiger partial charge in [0.15, 0.2) is 5.82 Å². The third-order valence-electron chi connectivity index (χ3n) is 3.84. The van der Waals surface area contributed by atoms with Crippen molar-refractivity contribution >= 4 is 34.0 Å². The quantitative estimate of drug-likeness (QED) is 0.542. The molecular weight excluding hydrogens is 361 g/mol. The van der Waals surface area contributed by atoms with Gasteiger partial charge in [0.25, 0.3) is 5.56 Å². The Morgan fingerprint density at radius 3 is 2.72 bits per heavy atom. The van der Waals surface area contributed by atoms with Gasteiger partial charge in [-0.3, -0.25) is 4.79 Å². The van der Waals surface area contributed by atoms with Crippen molar-refractivity contribution < 1.29 is 4.39 Å². The van der Waals surface area contributed by atoms with Gasteiger partial charge in [0.1, 0.15) is 5.82 Å². The molecule has 0 aliphatic carbocycles. The summed E-state index contributed by atoms with van der Waals surface area (Å²) >= 11 is 7.17. The fourth-order valence-corrected chi connectivity index (χ4v) is 3.66. The van der Waals surface area contributed by atoms with Crippen molar-refractivity contribution in [3.05, 3.63) is 79.3 Å². The van der Waals surface area contributed by atoms with Crippen LogP contribution in [0.3, 0.4) is 0 Å². The van der Waals surface area contributed by atoms with Crippen LogP contribution in [0.25, 0.3) is 22.4 Å². The Labute approximate surface area is 150 Å². The number of hydrogen-bond acceptors (Lipinski definition) is 4. The molecule has 0 amide bonds. The molecule has 0 spiro atoms. The lowest BCUT2D eigenvalue weighted by Crippen LogP contribution is -2.23. The number of halogens is 2. The van der Waals surface area contributed by atoms with Crippen LogP contribution in [0, 0.1) is 12.7 Å². The van der Waals surface area contributed by atoms with Gasteiger partial charge in [0, 0.05) is 11.1 Å². The summed E-state index contributed by atoms with van der Waals surface area (Å²) in [5.41, 5.74) is 1.75. The highest BCUT2D eigenvalue weighted by Gasteiger charge is 2.14. The normalized spacial score (nSPS) is 12.2. The van der Waals surface area contributed by atoms with Crippen LogP contribution in [0.2, 0.25) is 5.02 Å². The van der Waals surface area contributed by atoms with Crippen LogP contribution < -0.4 is 10.1 Å². The number of benzene rings is 2. The number of nitrogens with zero attached hydrogens (tertiary/aromatic N) is 3. The van der Waals surface area contributed by atoms with Crippen LogP contribution >= 0.6 is 22.9 Å². The van der Waals surface area contributed by atoms with Crippen LogP contribution in [0.15, 0.2) is 47.3 Å². The Morgan fingerprint density at radius 2 is 2.00 bits per heavy atom. The Bertz CT molecular complexity index is 1190. The van der Waals surface area contributed by atoms with E-state index < -0.39 is 5.82 Å². The predicted molar refractivity (Wildman–Crippen MR) is 97.5 cm³/mol. The summed E-state index contributed by atoms with van der Waals surface area (Å²) in [6, 6.07) is 12.1. The fourth-order valence-electron chi connectivity index (χ4n) is 2.55. The number of aryl methyl sites for hydroxylation is 1. The monoisotopic (exact) mass is 371 g/mol. The maximum atomic E-state index is 13.9. The van der Waals surface area contributed by atoms with E-state index in [0.717, 1.165) is 22.5 Å². The van der Waals surface area contributed by atoms with Gasteiger partial charge in [-0.1, -0.05) is 53.3 Å². The first-order valence-electron chi connectivity index (χ1n) is 7.46. The zero-order valence-electron chi connectivity index (χ0n) is 13.0. The molecular formula is C18H11ClFN3OS. The molecule has 124 valence electrons. The van der Waals surface area contributed by atoms with E-state index >= 15 is 0 Å². The maximum Gasteiger partial charge on any atom is 0.291 e. The standard InChI is InChI=1S/C18H11ClFN3OS/c1-10-5-2-3-6-11(10)16-21-18-23(22-16)17(24)15(25-18)9-12-13(19)7-4-8-14(12)20/h2-9H,1H3/b15-9-. The van der Waals surface area contributed by atoms with Gasteiger partial charge >= 0.3 is 0 Å². The zero-order valence-corrected chi connectivity index (χ0v) is 14.6. The van der Waals surface area contributed by atoms with Crippen LogP contribution in [-0.2, 0) is 0 Å². The van der Waals surface area contributed by atoms with E-state index in [1.54, 1.807) is 6.07 Å². The molecule has 0 radical (unpaired) electrons. The van der Waals surface area contributed by atoms with Crippen LogP contribution in [0.5, 0.6) is 0 Å². The smallest absolute Gasteiger partial charge is 0.266 e. The summed E-state index contributed by atoms with van der Waals surface area (Å²) in [7, 11) is 0. The van der Waals surface area contributed by atoms with Crippen molar-refractivity contribution in [2.24, 2.45) is 0 Å². The Morgan fingerprint density at radius 1 is 1.20 bits per heavy atom. The minimum absolute atomic E-state index is 0.185. The molecule has 0 aliphatic rings. The second-order valence-electron chi connectivity index (χ2n) is 5.50. The van der Waals surface area contributed by atoms with Crippen LogP contribution in [-0.4, -0.2) is 14.6 Å². The molecule has 4 aromatic rings. The summed E-state index contributed by atoms with van der Waals surface area (Å²) in [4.78, 5) is 17.5. The van der Waals surface area contributed by atoms with E-state index in [4.69, 9.17) is 11.6 Å². The molecule has 0 N–H and O–H groups in total. The first-order chi connectivity index (χ1) is 12.0. The van der Waals surface area contributed by atoms with E-state index in [1.807, 2.05) is 31.2 Å². The highest BCUT2D eigenvalue weighted by molar-refractivity contribution is 7.15. The van der Waals surface area contributed by atoms with Gasteiger partial charge in [-0.15, -0.1) is 5.10 Å². The lowest BCUT2D eigenvalue weighted by atomic mass is 10.1. The first-order valence-corrected chi connectivity index (χ1v) is 8.65. The van der Waals surface area contributed by atoms with Crippen molar-refractivity contribution in [3.8, 4) is 11.4 Å². The van der Waals surface area contributed by atoms with Crippen molar-refractivity contribution in [3.63, 3.8) is 0 Å². The molecule has 2 heterocycles. The van der Waals surface area contributed by atoms with Crippen molar-refractivity contribution in [2.45, 2.75) is 6.92 Å². The molecule has 0 atom stereocenters. The fraction of sp³-hybridized carbons (Fsp3) is 0.0556. The van der Waals surface area contributed by atoms with Crippen molar-refractivity contribution in [1.29, 1.82) is 0 Å². The van der Waals surface area contributed by atoms with Crippen molar-refractivity contribution in [1.82, 2.24) is 14.6 Å². The van der Waals surface area contributed by atoms with Gasteiger partial charge in [-0.25, -0.2) is 4.39 Å². The van der Waals surface area contributed by atoms with Crippen LogP contribution in [0.1, 0.15) is 11.1 Å². The summed E-state index contributed by atoms with van der Waals surface area (Å²) in [6.07, 6.45) is 1.44. The van der Waals surface area contributed by atoms with Gasteiger partial charge in [0.05, 0.1) is 9.55 Å². The molecule has 0 saturated heterocycles. The second-order valence-corrected chi connectivity index (χ2v) is 6.91. The predicted octanol–water partition coefficient (Wildman–Crippen LogP) is 3.47. The summed E-state index contributed by atoms with van der Waals surface area (Å²) in [6.45, 7) is 1.96. The molecule has 0 fully saturated rings. The molecule has 0 aliphatic heterocycles. The number of rotatable bonds is 2. The molecule has 0 saturated carbocycles. The average molecular weight is 372 g/mol. The van der Waals surface area contributed by atoms with Crippen molar-refractivity contribution in [2.75, 3.05) is 0 Å². The van der Waals surface area contributed by atoms with E-state index in [-0.39, 0.29) is 16.1 Å². The first kappa shape index (κ1) is 15.9. The van der Waals surface area contributed by atoms with Gasteiger partial charge in [-0.05, 0) is 30.7 Å². The summed E-state index contributed by atoms with van der Waals surface area (Å²) in [5, 5.41) is 4.56. The van der Waals surface area contributed by atoms with Gasteiger partial charge in [-0.2, -0.15) is 9.50 Å². The molecule has 2 aromatic heterocycles. The highest BCUT2D eigenvalue weighted by atomic mass is 35.5. The minimum atomic E-state index is -0.480. The van der Waals surface area contributed by atoms with E-state index in [1.165, 1.54) is 22.7 Å². The molecule has 4 nitrogen and oxygen atoms in total.